The van der Waals surface area contributed by atoms with Gasteiger partial charge in [-0.1, -0.05) is 18.2 Å². The highest BCUT2D eigenvalue weighted by Crippen LogP contribution is 2.32. The normalized spacial score (nSPS) is 17.6. The lowest BCUT2D eigenvalue weighted by Gasteiger charge is -2.35. The second-order valence-corrected chi connectivity index (χ2v) is 7.20. The first-order valence-corrected chi connectivity index (χ1v) is 9.58. The molecule has 0 amide bonds. The molecule has 0 saturated carbocycles. The van der Waals surface area contributed by atoms with Gasteiger partial charge in [-0.25, -0.2) is 9.97 Å². The van der Waals surface area contributed by atoms with Gasteiger partial charge >= 0.3 is 0 Å². The first-order valence-electron chi connectivity index (χ1n) is 9.58. The zero-order valence-electron chi connectivity index (χ0n) is 15.3. The molecule has 27 heavy (non-hydrogen) atoms. The molecule has 4 heterocycles. The molecule has 2 aromatic heterocycles. The van der Waals surface area contributed by atoms with E-state index in [1.807, 2.05) is 12.3 Å². The van der Waals surface area contributed by atoms with Crippen molar-refractivity contribution in [3.63, 3.8) is 0 Å². The van der Waals surface area contributed by atoms with Crippen LogP contribution in [-0.4, -0.2) is 64.3 Å². The van der Waals surface area contributed by atoms with Gasteiger partial charge < -0.3 is 20.3 Å². The predicted molar refractivity (Wildman–Crippen MR) is 106 cm³/mol. The smallest absolute Gasteiger partial charge is 0.163 e. The predicted octanol–water partition coefficient (Wildman–Crippen LogP) is 1.34. The van der Waals surface area contributed by atoms with E-state index >= 15 is 0 Å². The van der Waals surface area contributed by atoms with Crippen molar-refractivity contribution in [2.24, 2.45) is 0 Å². The maximum absolute atomic E-state index is 9.17. The van der Waals surface area contributed by atoms with Crippen molar-refractivity contribution in [1.29, 1.82) is 0 Å². The van der Waals surface area contributed by atoms with Crippen LogP contribution in [0.5, 0.6) is 0 Å². The van der Waals surface area contributed by atoms with Crippen LogP contribution < -0.4 is 10.2 Å². The van der Waals surface area contributed by atoms with E-state index in [4.69, 9.17) is 15.1 Å². The number of H-pyrrole nitrogens is 1. The second kappa shape index (κ2) is 6.92. The highest BCUT2D eigenvalue weighted by atomic mass is 16.3. The lowest BCUT2D eigenvalue weighted by atomic mass is 10.1. The number of rotatable bonds is 4. The number of aromatic amines is 1. The highest BCUT2D eigenvalue weighted by Gasteiger charge is 2.26. The molecule has 0 aliphatic carbocycles. The molecule has 1 aromatic carbocycles. The summed E-state index contributed by atoms with van der Waals surface area (Å²) in [4.78, 5) is 17.9. The number of piperazine rings is 1. The van der Waals surface area contributed by atoms with Crippen molar-refractivity contribution in [3.8, 4) is 11.4 Å². The first-order chi connectivity index (χ1) is 13.3. The second-order valence-electron chi connectivity index (χ2n) is 7.20. The summed E-state index contributed by atoms with van der Waals surface area (Å²) < 4.78 is 0. The van der Waals surface area contributed by atoms with Crippen LogP contribution >= 0.6 is 0 Å². The number of aromatic nitrogens is 3. The molecule has 7 nitrogen and oxygen atoms in total. The number of benzene rings is 1. The quantitative estimate of drug-likeness (QED) is 0.648. The van der Waals surface area contributed by atoms with E-state index < -0.39 is 0 Å². The zero-order chi connectivity index (χ0) is 18.2. The van der Waals surface area contributed by atoms with Gasteiger partial charge in [0.05, 0.1) is 12.3 Å². The van der Waals surface area contributed by atoms with Gasteiger partial charge in [-0.15, -0.1) is 0 Å². The summed E-state index contributed by atoms with van der Waals surface area (Å²) in [6.45, 7) is 6.35. The standard InChI is InChI=1S/C20H24N6O/c27-10-9-25-5-7-26(8-6-25)20-16-11-21-13-18(16)23-19(24-20)15-12-22-17-4-2-1-3-14(15)17/h1-4,12,21-22,27H,5-11,13H2. The Kier molecular flexibility index (Phi) is 4.27. The molecule has 1 saturated heterocycles. The number of fused-ring (bicyclic) bond motifs is 2. The van der Waals surface area contributed by atoms with E-state index in [-0.39, 0.29) is 6.61 Å². The maximum Gasteiger partial charge on any atom is 0.163 e. The third-order valence-electron chi connectivity index (χ3n) is 5.58. The summed E-state index contributed by atoms with van der Waals surface area (Å²) in [7, 11) is 0. The van der Waals surface area contributed by atoms with E-state index in [2.05, 4.69) is 38.3 Å². The lowest BCUT2D eigenvalue weighted by molar-refractivity contribution is 0.188. The number of para-hydroxylation sites is 1. The minimum absolute atomic E-state index is 0.220. The summed E-state index contributed by atoms with van der Waals surface area (Å²) in [5, 5.41) is 13.7. The monoisotopic (exact) mass is 364 g/mol. The molecule has 2 aliphatic heterocycles. The summed E-state index contributed by atoms with van der Waals surface area (Å²) >= 11 is 0. The van der Waals surface area contributed by atoms with Gasteiger partial charge in [0, 0.05) is 74.0 Å². The Bertz CT molecular complexity index is 960. The molecule has 0 spiro atoms. The van der Waals surface area contributed by atoms with Crippen LogP contribution in [0.1, 0.15) is 11.3 Å². The van der Waals surface area contributed by atoms with Crippen molar-refractivity contribution in [2.45, 2.75) is 13.1 Å². The first kappa shape index (κ1) is 16.7. The third kappa shape index (κ3) is 2.97. The van der Waals surface area contributed by atoms with Crippen molar-refractivity contribution >= 4 is 16.7 Å². The zero-order valence-corrected chi connectivity index (χ0v) is 15.3. The van der Waals surface area contributed by atoms with Crippen LogP contribution in [0.25, 0.3) is 22.3 Å². The molecule has 0 bridgehead atoms. The third-order valence-corrected chi connectivity index (χ3v) is 5.58. The number of anilines is 1. The van der Waals surface area contributed by atoms with Gasteiger partial charge in [-0.2, -0.15) is 0 Å². The largest absolute Gasteiger partial charge is 0.395 e. The van der Waals surface area contributed by atoms with Crippen molar-refractivity contribution in [1.82, 2.24) is 25.2 Å². The summed E-state index contributed by atoms with van der Waals surface area (Å²) in [6, 6.07) is 8.28. The van der Waals surface area contributed by atoms with Gasteiger partial charge in [0.15, 0.2) is 5.82 Å². The molecule has 0 unspecified atom stereocenters. The number of aliphatic hydroxyl groups is 1. The van der Waals surface area contributed by atoms with E-state index in [1.54, 1.807) is 0 Å². The Morgan fingerprint density at radius 3 is 2.74 bits per heavy atom. The fourth-order valence-corrected chi connectivity index (χ4v) is 4.11. The number of β-amino-alcohol motifs (C(OH)–C–C–N with tert-alkyl or cyclic N) is 1. The Morgan fingerprint density at radius 2 is 1.89 bits per heavy atom. The number of hydrogen-bond donors (Lipinski definition) is 3. The molecule has 3 N–H and O–H groups in total. The average Bonchev–Trinajstić information content (AvgIpc) is 3.35. The minimum Gasteiger partial charge on any atom is -0.395 e. The fourth-order valence-electron chi connectivity index (χ4n) is 4.11. The summed E-state index contributed by atoms with van der Waals surface area (Å²) in [5.41, 5.74) is 4.50. The Labute approximate surface area is 158 Å². The maximum atomic E-state index is 9.17. The molecule has 0 radical (unpaired) electrons. The number of nitrogens with one attached hydrogen (secondary N) is 2. The number of nitrogens with zero attached hydrogens (tertiary/aromatic N) is 4. The van der Waals surface area contributed by atoms with E-state index in [0.29, 0.717) is 0 Å². The van der Waals surface area contributed by atoms with Crippen LogP contribution in [-0.2, 0) is 13.1 Å². The van der Waals surface area contributed by atoms with Crippen molar-refractivity contribution in [2.75, 3.05) is 44.2 Å². The van der Waals surface area contributed by atoms with Crippen molar-refractivity contribution < 1.29 is 5.11 Å². The molecule has 2 aliphatic rings. The average molecular weight is 364 g/mol. The summed E-state index contributed by atoms with van der Waals surface area (Å²) in [6.07, 6.45) is 2.01. The van der Waals surface area contributed by atoms with Crippen LogP contribution in [0.15, 0.2) is 30.5 Å². The molecule has 1 fully saturated rings. The lowest BCUT2D eigenvalue weighted by Crippen LogP contribution is -2.47. The molecule has 140 valence electrons. The highest BCUT2D eigenvalue weighted by molar-refractivity contribution is 5.93. The van der Waals surface area contributed by atoms with Crippen molar-refractivity contribution in [3.05, 3.63) is 41.7 Å². The Balaban J connectivity index is 1.53. The Morgan fingerprint density at radius 1 is 1.04 bits per heavy atom. The number of aliphatic hydroxyl groups excluding tert-OH is 1. The van der Waals surface area contributed by atoms with Crippen LogP contribution in [0.2, 0.25) is 0 Å². The molecular weight excluding hydrogens is 340 g/mol. The molecule has 3 aromatic rings. The fraction of sp³-hybridized carbons (Fsp3) is 0.400. The van der Waals surface area contributed by atoms with Crippen LogP contribution in [0.3, 0.4) is 0 Å². The van der Waals surface area contributed by atoms with Gasteiger partial charge in [-0.05, 0) is 6.07 Å². The van der Waals surface area contributed by atoms with Crippen LogP contribution in [0, 0.1) is 0 Å². The molecule has 0 atom stereocenters. The molecular formula is C20H24N6O. The SMILES string of the molecule is OCCN1CCN(c2nc(-c3c[nH]c4ccccc34)nc3c2CNC3)CC1. The Hall–Kier alpha value is -2.48. The van der Waals surface area contributed by atoms with E-state index in [1.165, 1.54) is 5.56 Å². The molecule has 7 heteroatoms. The van der Waals surface area contributed by atoms with E-state index in [9.17, 15) is 0 Å². The summed E-state index contributed by atoms with van der Waals surface area (Å²) in [5.74, 6) is 1.86. The minimum atomic E-state index is 0.220. The van der Waals surface area contributed by atoms with Gasteiger partial charge in [0.25, 0.3) is 0 Å². The van der Waals surface area contributed by atoms with Crippen LogP contribution in [0.4, 0.5) is 5.82 Å². The van der Waals surface area contributed by atoms with Gasteiger partial charge in [0.1, 0.15) is 5.82 Å². The van der Waals surface area contributed by atoms with Gasteiger partial charge in [0.2, 0.25) is 0 Å². The topological polar surface area (TPSA) is 80.3 Å². The molecule has 5 rings (SSSR count). The van der Waals surface area contributed by atoms with E-state index in [0.717, 1.165) is 79.6 Å². The number of hydrogen-bond acceptors (Lipinski definition) is 6. The van der Waals surface area contributed by atoms with Gasteiger partial charge in [-0.3, -0.25) is 4.90 Å².